The quantitative estimate of drug-likeness (QED) is 0.605. The number of aryl methyl sites for hydroxylation is 1. The third kappa shape index (κ3) is 4.55. The van der Waals surface area contributed by atoms with Gasteiger partial charge < -0.3 is 5.32 Å². The highest BCUT2D eigenvalue weighted by Crippen LogP contribution is 2.28. The van der Waals surface area contributed by atoms with E-state index in [0.717, 1.165) is 47.8 Å². The number of aromatic nitrogens is 1. The van der Waals surface area contributed by atoms with Crippen molar-refractivity contribution in [3.8, 4) is 0 Å². The Hall–Kier alpha value is -2.29. The summed E-state index contributed by atoms with van der Waals surface area (Å²) in [4.78, 5) is 13.1. The minimum Gasteiger partial charge on any atom is -0.325 e. The third-order valence-electron chi connectivity index (χ3n) is 5.55. The van der Waals surface area contributed by atoms with E-state index in [0.29, 0.717) is 5.69 Å². The fraction of sp³-hybridized carbons (Fsp3) is 0.364. The molecule has 3 aromatic rings. The Morgan fingerprint density at radius 3 is 2.60 bits per heavy atom. The molecule has 6 nitrogen and oxygen atoms in total. The number of rotatable bonds is 6. The van der Waals surface area contributed by atoms with Gasteiger partial charge in [-0.05, 0) is 61.6 Å². The lowest BCUT2D eigenvalue weighted by Gasteiger charge is -2.33. The van der Waals surface area contributed by atoms with Gasteiger partial charge in [0.15, 0.2) is 0 Å². The molecule has 1 N–H and O–H groups in total. The van der Waals surface area contributed by atoms with Crippen LogP contribution in [-0.4, -0.2) is 35.6 Å². The van der Waals surface area contributed by atoms with Crippen molar-refractivity contribution in [2.45, 2.75) is 50.0 Å². The lowest BCUT2D eigenvalue weighted by atomic mass is 9.95. The second kappa shape index (κ2) is 8.83. The van der Waals surface area contributed by atoms with Crippen LogP contribution >= 0.6 is 11.5 Å². The zero-order valence-electron chi connectivity index (χ0n) is 16.9. The van der Waals surface area contributed by atoms with Crippen molar-refractivity contribution in [2.24, 2.45) is 0 Å². The molecule has 1 aliphatic carbocycles. The summed E-state index contributed by atoms with van der Waals surface area (Å²) in [6.07, 6.45) is 6.39. The predicted molar refractivity (Wildman–Crippen MR) is 120 cm³/mol. The topological polar surface area (TPSA) is 79.4 Å². The van der Waals surface area contributed by atoms with Crippen molar-refractivity contribution in [3.05, 3.63) is 54.2 Å². The van der Waals surface area contributed by atoms with Crippen LogP contribution in [0.2, 0.25) is 0 Å². The van der Waals surface area contributed by atoms with Crippen molar-refractivity contribution < 1.29 is 13.2 Å². The van der Waals surface area contributed by atoms with Crippen molar-refractivity contribution in [2.75, 3.05) is 11.9 Å². The maximum Gasteiger partial charge on any atom is 0.243 e. The van der Waals surface area contributed by atoms with E-state index in [4.69, 9.17) is 0 Å². The van der Waals surface area contributed by atoms with Crippen LogP contribution in [0.25, 0.3) is 10.1 Å². The molecule has 158 valence electrons. The smallest absolute Gasteiger partial charge is 0.243 e. The fourth-order valence-electron chi connectivity index (χ4n) is 3.92. The predicted octanol–water partition coefficient (Wildman–Crippen LogP) is 4.57. The molecule has 0 spiro atoms. The lowest BCUT2D eigenvalue weighted by molar-refractivity contribution is -0.116. The summed E-state index contributed by atoms with van der Waals surface area (Å²) >= 11 is 1.40. The molecule has 1 aliphatic rings. The van der Waals surface area contributed by atoms with Gasteiger partial charge in [0.25, 0.3) is 0 Å². The second-order valence-electron chi connectivity index (χ2n) is 7.78. The van der Waals surface area contributed by atoms with E-state index in [-0.39, 0.29) is 23.4 Å². The fourth-order valence-corrected chi connectivity index (χ4v) is 6.18. The van der Waals surface area contributed by atoms with Gasteiger partial charge in [-0.15, -0.1) is 0 Å². The number of anilines is 1. The first-order valence-corrected chi connectivity index (χ1v) is 12.4. The van der Waals surface area contributed by atoms with Crippen LogP contribution in [0.5, 0.6) is 0 Å². The average Bonchev–Trinajstić information content (AvgIpc) is 3.21. The Kier molecular flexibility index (Phi) is 6.17. The van der Waals surface area contributed by atoms with Gasteiger partial charge in [0.2, 0.25) is 15.9 Å². The molecule has 0 saturated heterocycles. The standard InChI is InChI=1S/C22H25N3O3S2/c1-16-7-10-20(11-8-16)30(27,28)25(19-5-3-2-4-6-19)15-22(26)24-18-9-12-21-17(13-18)14-23-29-21/h7-14,19H,2-6,15H2,1H3,(H,24,26). The summed E-state index contributed by atoms with van der Waals surface area (Å²) < 4.78 is 33.4. The highest BCUT2D eigenvalue weighted by Gasteiger charge is 2.34. The zero-order valence-corrected chi connectivity index (χ0v) is 18.5. The number of sulfonamides is 1. The number of nitrogens with one attached hydrogen (secondary N) is 1. The molecule has 1 fully saturated rings. The van der Waals surface area contributed by atoms with Gasteiger partial charge in [0, 0.05) is 23.3 Å². The van der Waals surface area contributed by atoms with Crippen molar-refractivity contribution in [3.63, 3.8) is 0 Å². The molecule has 0 bridgehead atoms. The number of carbonyl (C=O) groups excluding carboxylic acids is 1. The molecule has 0 unspecified atom stereocenters. The lowest BCUT2D eigenvalue weighted by Crippen LogP contribution is -2.45. The summed E-state index contributed by atoms with van der Waals surface area (Å²) in [7, 11) is -3.77. The van der Waals surface area contributed by atoms with Gasteiger partial charge in [0.05, 0.1) is 16.1 Å². The zero-order chi connectivity index (χ0) is 21.1. The maximum atomic E-state index is 13.4. The van der Waals surface area contributed by atoms with E-state index in [2.05, 4.69) is 9.69 Å². The Bertz CT molecular complexity index is 1130. The van der Waals surface area contributed by atoms with Gasteiger partial charge in [0.1, 0.15) is 0 Å². The summed E-state index contributed by atoms with van der Waals surface area (Å²) in [5.74, 6) is -0.334. The minimum absolute atomic E-state index is 0.153. The number of amides is 1. The van der Waals surface area contributed by atoms with Crippen LogP contribution in [0.4, 0.5) is 5.69 Å². The van der Waals surface area contributed by atoms with Gasteiger partial charge in [-0.1, -0.05) is 37.0 Å². The second-order valence-corrected chi connectivity index (χ2v) is 10.5. The van der Waals surface area contributed by atoms with Gasteiger partial charge >= 0.3 is 0 Å². The van der Waals surface area contributed by atoms with Crippen molar-refractivity contribution >= 4 is 43.2 Å². The van der Waals surface area contributed by atoms with Gasteiger partial charge in [-0.2, -0.15) is 8.68 Å². The molecule has 1 amide bonds. The monoisotopic (exact) mass is 443 g/mol. The molecule has 30 heavy (non-hydrogen) atoms. The summed E-state index contributed by atoms with van der Waals surface area (Å²) in [6, 6.07) is 12.2. The Morgan fingerprint density at radius 1 is 1.13 bits per heavy atom. The largest absolute Gasteiger partial charge is 0.325 e. The van der Waals surface area contributed by atoms with Gasteiger partial charge in [-0.3, -0.25) is 4.79 Å². The number of benzene rings is 2. The Balaban J connectivity index is 1.57. The van der Waals surface area contributed by atoms with Crippen LogP contribution in [0.1, 0.15) is 37.7 Å². The molecule has 0 aliphatic heterocycles. The van der Waals surface area contributed by atoms with E-state index in [1.807, 2.05) is 25.1 Å². The summed E-state index contributed by atoms with van der Waals surface area (Å²) in [6.45, 7) is 1.73. The highest BCUT2D eigenvalue weighted by molar-refractivity contribution is 7.89. The molecular formula is C22H25N3O3S2. The van der Waals surface area contributed by atoms with Gasteiger partial charge in [-0.25, -0.2) is 8.42 Å². The molecule has 2 aromatic carbocycles. The molecule has 0 atom stereocenters. The molecule has 4 rings (SSSR count). The van der Waals surface area contributed by atoms with E-state index in [1.54, 1.807) is 30.5 Å². The number of hydrogen-bond acceptors (Lipinski definition) is 5. The van der Waals surface area contributed by atoms with E-state index in [1.165, 1.54) is 15.8 Å². The van der Waals surface area contributed by atoms with Crippen molar-refractivity contribution in [1.82, 2.24) is 8.68 Å². The van der Waals surface area contributed by atoms with Crippen LogP contribution in [0, 0.1) is 6.92 Å². The first-order valence-electron chi connectivity index (χ1n) is 10.2. The Morgan fingerprint density at radius 2 is 1.87 bits per heavy atom. The normalized spacial score (nSPS) is 15.5. The molecule has 0 radical (unpaired) electrons. The minimum atomic E-state index is -3.77. The number of fused-ring (bicyclic) bond motifs is 1. The van der Waals surface area contributed by atoms with E-state index >= 15 is 0 Å². The van der Waals surface area contributed by atoms with Crippen molar-refractivity contribution in [1.29, 1.82) is 0 Å². The Labute approximate surface area is 181 Å². The molecule has 8 heteroatoms. The average molecular weight is 444 g/mol. The molecular weight excluding hydrogens is 418 g/mol. The number of hydrogen-bond donors (Lipinski definition) is 1. The van der Waals surface area contributed by atoms with Crippen LogP contribution < -0.4 is 5.32 Å². The van der Waals surface area contributed by atoms with Crippen LogP contribution in [-0.2, 0) is 14.8 Å². The maximum absolute atomic E-state index is 13.4. The summed E-state index contributed by atoms with van der Waals surface area (Å²) in [5.41, 5.74) is 1.64. The first kappa shape index (κ1) is 21.0. The third-order valence-corrected chi connectivity index (χ3v) is 8.24. The SMILES string of the molecule is Cc1ccc(S(=O)(=O)N(CC(=O)Nc2ccc3sncc3c2)C2CCCCC2)cc1. The number of carbonyl (C=O) groups is 1. The molecule has 1 heterocycles. The van der Waals surface area contributed by atoms with E-state index in [9.17, 15) is 13.2 Å². The van der Waals surface area contributed by atoms with E-state index < -0.39 is 10.0 Å². The van der Waals surface area contributed by atoms with Crippen LogP contribution in [0.15, 0.2) is 53.6 Å². The molecule has 1 aromatic heterocycles. The summed E-state index contributed by atoms with van der Waals surface area (Å²) in [5, 5.41) is 3.81. The number of nitrogens with zero attached hydrogens (tertiary/aromatic N) is 2. The molecule has 1 saturated carbocycles. The highest BCUT2D eigenvalue weighted by atomic mass is 32.2. The van der Waals surface area contributed by atoms with Crippen LogP contribution in [0.3, 0.4) is 0 Å². The first-order chi connectivity index (χ1) is 14.4.